The van der Waals surface area contributed by atoms with Crippen LogP contribution >= 0.6 is 0 Å². The van der Waals surface area contributed by atoms with Crippen LogP contribution in [0, 0.1) is 23.6 Å². The maximum Gasteiger partial charge on any atom is 0.134 e. The molecular weight excluding hydrogens is 415 g/mol. The lowest BCUT2D eigenvalue weighted by molar-refractivity contribution is 0.222. The number of fused-ring (bicyclic) bond motifs is 1. The van der Waals surface area contributed by atoms with E-state index in [0.29, 0.717) is 5.92 Å². The maximum absolute atomic E-state index is 14.9. The van der Waals surface area contributed by atoms with Crippen LogP contribution in [0.15, 0.2) is 43.0 Å². The quantitative estimate of drug-likeness (QED) is 0.230. The summed E-state index contributed by atoms with van der Waals surface area (Å²) in [5.41, 5.74) is 2.23. The number of halogens is 1. The number of rotatable bonds is 11. The molecule has 186 valence electrons. The molecule has 1 heteroatoms. The van der Waals surface area contributed by atoms with Crippen molar-refractivity contribution in [3.8, 4) is 0 Å². The van der Waals surface area contributed by atoms with Crippen LogP contribution in [-0.2, 0) is 6.42 Å². The fraction of sp³-hybridized carbons (Fsp3) is 0.636. The summed E-state index contributed by atoms with van der Waals surface area (Å²) in [5.74, 6) is 3.59. The second-order valence-electron chi connectivity index (χ2n) is 11.5. The van der Waals surface area contributed by atoms with Gasteiger partial charge in [0, 0.05) is 5.39 Å². The van der Waals surface area contributed by atoms with E-state index in [2.05, 4.69) is 31.7 Å². The van der Waals surface area contributed by atoms with Crippen molar-refractivity contribution in [2.45, 2.75) is 116 Å². The first kappa shape index (κ1) is 25.5. The molecule has 0 saturated heterocycles. The molecule has 0 bridgehead atoms. The molecule has 0 aliphatic heterocycles. The summed E-state index contributed by atoms with van der Waals surface area (Å²) in [6.45, 7) is 6.08. The molecule has 34 heavy (non-hydrogen) atoms. The monoisotopic (exact) mass is 462 g/mol. The molecule has 2 aromatic rings. The number of hydrogen-bond donors (Lipinski definition) is 0. The topological polar surface area (TPSA) is 0 Å². The van der Waals surface area contributed by atoms with E-state index in [1.807, 2.05) is 18.2 Å². The van der Waals surface area contributed by atoms with E-state index in [4.69, 9.17) is 0 Å². The fourth-order valence-electron chi connectivity index (χ4n) is 6.81. The lowest BCUT2D eigenvalue weighted by Crippen LogP contribution is -2.17. The van der Waals surface area contributed by atoms with Gasteiger partial charge in [-0.05, 0) is 78.7 Å². The summed E-state index contributed by atoms with van der Waals surface area (Å²) in [6.07, 6.45) is 23.4. The molecule has 2 aliphatic carbocycles. The molecule has 0 nitrogen and oxygen atoms in total. The fourth-order valence-corrected chi connectivity index (χ4v) is 6.81. The Morgan fingerprint density at radius 3 is 2.12 bits per heavy atom. The summed E-state index contributed by atoms with van der Waals surface area (Å²) < 4.78 is 14.9. The lowest BCUT2D eigenvalue weighted by Gasteiger charge is -2.32. The Kier molecular flexibility index (Phi) is 9.66. The van der Waals surface area contributed by atoms with Gasteiger partial charge in [0.25, 0.3) is 0 Å². The highest BCUT2D eigenvalue weighted by atomic mass is 19.1. The van der Waals surface area contributed by atoms with E-state index in [9.17, 15) is 4.39 Å². The van der Waals surface area contributed by atoms with Gasteiger partial charge in [-0.2, -0.15) is 0 Å². The van der Waals surface area contributed by atoms with Crippen LogP contribution in [0.2, 0.25) is 0 Å². The first-order chi connectivity index (χ1) is 16.7. The maximum atomic E-state index is 14.9. The molecule has 2 aromatic carbocycles. The first-order valence-corrected chi connectivity index (χ1v) is 14.5. The molecule has 0 amide bonds. The van der Waals surface area contributed by atoms with Gasteiger partial charge in [-0.15, -0.1) is 6.58 Å². The van der Waals surface area contributed by atoms with Gasteiger partial charge in [-0.3, -0.25) is 0 Å². The number of hydrogen-bond acceptors (Lipinski definition) is 0. The van der Waals surface area contributed by atoms with Crippen molar-refractivity contribution in [3.05, 3.63) is 59.9 Å². The third-order valence-electron chi connectivity index (χ3n) is 9.16. The summed E-state index contributed by atoms with van der Waals surface area (Å²) in [5, 5.41) is 1.84. The van der Waals surface area contributed by atoms with Crippen LogP contribution in [0.3, 0.4) is 0 Å². The highest BCUT2D eigenvalue weighted by Crippen LogP contribution is 2.41. The number of unbranched alkanes of at least 4 members (excludes halogenated alkanes) is 2. The van der Waals surface area contributed by atoms with Crippen molar-refractivity contribution < 1.29 is 4.39 Å². The van der Waals surface area contributed by atoms with Crippen LogP contribution in [0.5, 0.6) is 0 Å². The van der Waals surface area contributed by atoms with Gasteiger partial charge in [0.15, 0.2) is 0 Å². The van der Waals surface area contributed by atoms with Crippen molar-refractivity contribution in [1.29, 1.82) is 0 Å². The van der Waals surface area contributed by atoms with Gasteiger partial charge in [0.2, 0.25) is 0 Å². The molecule has 4 rings (SSSR count). The van der Waals surface area contributed by atoms with Crippen LogP contribution < -0.4 is 0 Å². The van der Waals surface area contributed by atoms with Gasteiger partial charge in [0.05, 0.1) is 0 Å². The zero-order chi connectivity index (χ0) is 23.8. The zero-order valence-electron chi connectivity index (χ0n) is 21.7. The molecule has 0 N–H and O–H groups in total. The second kappa shape index (κ2) is 12.9. The van der Waals surface area contributed by atoms with Crippen LogP contribution in [0.4, 0.5) is 4.39 Å². The van der Waals surface area contributed by atoms with Gasteiger partial charge in [-0.25, -0.2) is 4.39 Å². The van der Waals surface area contributed by atoms with Crippen LogP contribution in [-0.4, -0.2) is 0 Å². The smallest absolute Gasteiger partial charge is 0.134 e. The minimum atomic E-state index is -0.0374. The lowest BCUT2D eigenvalue weighted by atomic mass is 9.74. The Hall–Kier alpha value is -1.63. The first-order valence-electron chi connectivity index (χ1n) is 14.5. The van der Waals surface area contributed by atoms with Crippen molar-refractivity contribution in [3.63, 3.8) is 0 Å². The number of allylic oxidation sites excluding steroid dienone is 1. The standard InChI is InChI=1S/C33H47F/c1-3-5-7-8-25-10-12-26(13-11-25)14-15-27-16-18-28(19-17-27)30-22-23-32-31(24-30)21-20-29(33(32)34)9-6-4-2/h4,20-28H,2-3,5-19H2,1H3. The molecule has 2 aliphatic rings. The largest absolute Gasteiger partial charge is 0.206 e. The van der Waals surface area contributed by atoms with Crippen molar-refractivity contribution in [1.82, 2.24) is 0 Å². The SMILES string of the molecule is C=CCCc1ccc2cc(C3CCC(CCC4CCC(CCCCC)CC4)CC3)ccc2c1F. The Morgan fingerprint density at radius 2 is 1.47 bits per heavy atom. The average molecular weight is 463 g/mol. The Labute approximate surface area is 208 Å². The van der Waals surface area contributed by atoms with E-state index in [1.54, 1.807) is 0 Å². The highest BCUT2D eigenvalue weighted by Gasteiger charge is 2.25. The number of aryl methyl sites for hydroxylation is 1. The molecule has 0 unspecified atom stereocenters. The Morgan fingerprint density at radius 1 is 0.824 bits per heavy atom. The zero-order valence-corrected chi connectivity index (χ0v) is 21.7. The van der Waals surface area contributed by atoms with E-state index < -0.39 is 0 Å². The molecule has 0 atom stereocenters. The number of benzene rings is 2. The Balaban J connectivity index is 1.22. The summed E-state index contributed by atoms with van der Waals surface area (Å²) >= 11 is 0. The molecule has 0 aromatic heterocycles. The minimum Gasteiger partial charge on any atom is -0.206 e. The van der Waals surface area contributed by atoms with Crippen molar-refractivity contribution >= 4 is 10.8 Å². The normalized spacial score (nSPS) is 25.5. The minimum absolute atomic E-state index is 0.0374. The molecule has 2 fully saturated rings. The van der Waals surface area contributed by atoms with E-state index in [0.717, 1.165) is 46.9 Å². The van der Waals surface area contributed by atoms with Gasteiger partial charge < -0.3 is 0 Å². The summed E-state index contributed by atoms with van der Waals surface area (Å²) in [4.78, 5) is 0. The van der Waals surface area contributed by atoms with Crippen molar-refractivity contribution in [2.75, 3.05) is 0 Å². The van der Waals surface area contributed by atoms with Crippen LogP contribution in [0.25, 0.3) is 10.8 Å². The second-order valence-corrected chi connectivity index (χ2v) is 11.5. The average Bonchev–Trinajstić information content (AvgIpc) is 2.88. The predicted octanol–water partition coefficient (Wildman–Crippen LogP) is 10.5. The van der Waals surface area contributed by atoms with E-state index in [-0.39, 0.29) is 5.82 Å². The molecular formula is C33H47F. The van der Waals surface area contributed by atoms with Gasteiger partial charge in [-0.1, -0.05) is 108 Å². The summed E-state index contributed by atoms with van der Waals surface area (Å²) in [7, 11) is 0. The van der Waals surface area contributed by atoms with Gasteiger partial charge in [0.1, 0.15) is 5.82 Å². The molecule has 0 radical (unpaired) electrons. The highest BCUT2D eigenvalue weighted by molar-refractivity contribution is 5.84. The van der Waals surface area contributed by atoms with Crippen molar-refractivity contribution in [2.24, 2.45) is 17.8 Å². The van der Waals surface area contributed by atoms with Crippen LogP contribution in [0.1, 0.15) is 120 Å². The molecule has 0 spiro atoms. The van der Waals surface area contributed by atoms with Gasteiger partial charge >= 0.3 is 0 Å². The van der Waals surface area contributed by atoms with E-state index in [1.165, 1.54) is 95.5 Å². The Bertz CT molecular complexity index is 896. The third-order valence-corrected chi connectivity index (χ3v) is 9.16. The van der Waals surface area contributed by atoms with E-state index >= 15 is 0 Å². The third kappa shape index (κ3) is 6.73. The molecule has 2 saturated carbocycles. The molecule has 0 heterocycles. The predicted molar refractivity (Wildman–Crippen MR) is 146 cm³/mol. The summed E-state index contributed by atoms with van der Waals surface area (Å²) in [6, 6.07) is 10.6.